The fourth-order valence-electron chi connectivity index (χ4n) is 2.25. The Kier molecular flexibility index (Phi) is 4.96. The summed E-state index contributed by atoms with van der Waals surface area (Å²) in [7, 11) is 0. The maximum absolute atomic E-state index is 11.7. The van der Waals surface area contributed by atoms with Gasteiger partial charge in [-0.25, -0.2) is 4.98 Å². The molecule has 0 radical (unpaired) electrons. The first-order valence-corrected chi connectivity index (χ1v) is 7.36. The quantitative estimate of drug-likeness (QED) is 0.829. The van der Waals surface area contributed by atoms with Crippen molar-refractivity contribution in [2.24, 2.45) is 5.92 Å². The van der Waals surface area contributed by atoms with E-state index in [1.807, 2.05) is 52.2 Å². The van der Waals surface area contributed by atoms with E-state index in [0.29, 0.717) is 13.2 Å². The van der Waals surface area contributed by atoms with Crippen LogP contribution in [0, 0.1) is 12.8 Å². The first kappa shape index (κ1) is 15.5. The first-order chi connectivity index (χ1) is 10.0. The Bertz CT molecular complexity index is 621. The van der Waals surface area contributed by atoms with Crippen LogP contribution in [0.15, 0.2) is 24.5 Å². The van der Waals surface area contributed by atoms with E-state index in [2.05, 4.69) is 14.7 Å². The molecule has 21 heavy (non-hydrogen) atoms. The van der Waals surface area contributed by atoms with Gasteiger partial charge in [0.2, 0.25) is 0 Å². The molecule has 2 atom stereocenters. The van der Waals surface area contributed by atoms with Crippen molar-refractivity contribution in [1.29, 1.82) is 0 Å². The maximum Gasteiger partial charge on any atom is 0.310 e. The van der Waals surface area contributed by atoms with Crippen LogP contribution < -0.4 is 5.32 Å². The van der Waals surface area contributed by atoms with Gasteiger partial charge in [0.25, 0.3) is 0 Å². The fraction of sp³-hybridized carbons (Fsp3) is 0.500. The topological polar surface area (TPSA) is 55.6 Å². The van der Waals surface area contributed by atoms with E-state index in [1.165, 1.54) is 0 Å². The molecule has 2 aromatic heterocycles. The van der Waals surface area contributed by atoms with Crippen molar-refractivity contribution in [2.45, 2.75) is 40.3 Å². The summed E-state index contributed by atoms with van der Waals surface area (Å²) in [6.45, 7) is 8.83. The molecule has 0 aliphatic carbocycles. The zero-order chi connectivity index (χ0) is 15.4. The molecule has 2 heterocycles. The van der Waals surface area contributed by atoms with E-state index in [-0.39, 0.29) is 17.9 Å². The number of aromatic nitrogens is 2. The molecule has 1 N–H and O–H groups in total. The number of pyridine rings is 1. The Morgan fingerprint density at radius 2 is 2.24 bits per heavy atom. The van der Waals surface area contributed by atoms with Crippen LogP contribution in [0.5, 0.6) is 0 Å². The number of esters is 1. The molecular weight excluding hydrogens is 266 g/mol. The van der Waals surface area contributed by atoms with Gasteiger partial charge in [0, 0.05) is 18.8 Å². The number of nitrogens with zero attached hydrogens (tertiary/aromatic N) is 2. The van der Waals surface area contributed by atoms with E-state index < -0.39 is 0 Å². The molecule has 0 saturated carbocycles. The number of aryl methyl sites for hydroxylation is 1. The van der Waals surface area contributed by atoms with Gasteiger partial charge < -0.3 is 14.5 Å². The van der Waals surface area contributed by atoms with Crippen LogP contribution >= 0.6 is 0 Å². The molecule has 0 aliphatic rings. The Labute approximate surface area is 125 Å². The summed E-state index contributed by atoms with van der Waals surface area (Å²) in [4.78, 5) is 16.2. The Balaban J connectivity index is 2.01. The number of hydrogen-bond donors (Lipinski definition) is 1. The molecule has 5 nitrogen and oxygen atoms in total. The normalized spacial score (nSPS) is 14.1. The predicted octanol–water partition coefficient (Wildman–Crippen LogP) is 2.32. The summed E-state index contributed by atoms with van der Waals surface area (Å²) in [6, 6.07) is 4.10. The number of carbonyl (C=O) groups excluding carboxylic acids is 1. The average Bonchev–Trinajstić information content (AvgIpc) is 2.89. The Morgan fingerprint density at radius 3 is 2.95 bits per heavy atom. The lowest BCUT2D eigenvalue weighted by molar-refractivity contribution is -0.148. The molecule has 0 spiro atoms. The van der Waals surface area contributed by atoms with Crippen LogP contribution in [0.25, 0.3) is 5.65 Å². The molecule has 0 amide bonds. The molecule has 5 heteroatoms. The number of carbonyl (C=O) groups is 1. The van der Waals surface area contributed by atoms with Crippen molar-refractivity contribution in [2.75, 3.05) is 6.61 Å². The van der Waals surface area contributed by atoms with Gasteiger partial charge in [-0.05, 0) is 32.4 Å². The Hall–Kier alpha value is -1.88. The zero-order valence-corrected chi connectivity index (χ0v) is 13.1. The monoisotopic (exact) mass is 289 g/mol. The number of ether oxygens (including phenoxy) is 1. The summed E-state index contributed by atoms with van der Waals surface area (Å²) >= 11 is 0. The minimum atomic E-state index is -0.175. The van der Waals surface area contributed by atoms with Crippen LogP contribution in [0.4, 0.5) is 0 Å². The minimum absolute atomic E-state index is 0.0411. The van der Waals surface area contributed by atoms with Gasteiger partial charge >= 0.3 is 5.97 Å². The van der Waals surface area contributed by atoms with Crippen LogP contribution in [0.3, 0.4) is 0 Å². The lowest BCUT2D eigenvalue weighted by Crippen LogP contribution is -2.36. The summed E-state index contributed by atoms with van der Waals surface area (Å²) < 4.78 is 7.12. The molecule has 0 saturated heterocycles. The summed E-state index contributed by atoms with van der Waals surface area (Å²) in [5.41, 5.74) is 3.20. The molecule has 2 rings (SSSR count). The highest BCUT2D eigenvalue weighted by molar-refractivity contribution is 5.72. The van der Waals surface area contributed by atoms with Crippen molar-refractivity contribution < 1.29 is 9.53 Å². The second kappa shape index (κ2) is 6.72. The highest BCUT2D eigenvalue weighted by Crippen LogP contribution is 2.12. The maximum atomic E-state index is 11.7. The average molecular weight is 289 g/mol. The van der Waals surface area contributed by atoms with Crippen LogP contribution in [-0.4, -0.2) is 28.0 Å². The van der Waals surface area contributed by atoms with E-state index in [1.54, 1.807) is 0 Å². The van der Waals surface area contributed by atoms with E-state index >= 15 is 0 Å². The van der Waals surface area contributed by atoms with Crippen molar-refractivity contribution >= 4 is 11.6 Å². The van der Waals surface area contributed by atoms with Crippen LogP contribution in [0.1, 0.15) is 32.0 Å². The highest BCUT2D eigenvalue weighted by atomic mass is 16.5. The number of imidazole rings is 1. The summed E-state index contributed by atoms with van der Waals surface area (Å²) in [5.74, 6) is -0.336. The van der Waals surface area contributed by atoms with Gasteiger partial charge in [0.15, 0.2) is 0 Å². The SMILES string of the molecule is CCOC(=O)[C@H](C)[C@H](C)NCc1cnc2c(C)cccn12. The van der Waals surface area contributed by atoms with Gasteiger partial charge in [-0.15, -0.1) is 0 Å². The number of fused-ring (bicyclic) bond motifs is 1. The largest absolute Gasteiger partial charge is 0.466 e. The third-order valence-corrected chi connectivity index (χ3v) is 3.82. The van der Waals surface area contributed by atoms with Crippen molar-refractivity contribution in [3.8, 4) is 0 Å². The number of nitrogens with one attached hydrogen (secondary N) is 1. The van der Waals surface area contributed by atoms with E-state index in [0.717, 1.165) is 16.9 Å². The molecule has 0 bridgehead atoms. The van der Waals surface area contributed by atoms with E-state index in [4.69, 9.17) is 4.74 Å². The van der Waals surface area contributed by atoms with Crippen molar-refractivity contribution in [3.63, 3.8) is 0 Å². The standard InChI is InChI=1S/C16H23N3O2/c1-5-21-16(20)12(3)13(4)17-9-14-10-18-15-11(2)7-6-8-19(14)15/h6-8,10,12-13,17H,5,9H2,1-4H3/t12-,13+/m1/s1. The van der Waals surface area contributed by atoms with Crippen molar-refractivity contribution in [1.82, 2.24) is 14.7 Å². The molecule has 2 aromatic rings. The third-order valence-electron chi connectivity index (χ3n) is 3.82. The molecule has 0 fully saturated rings. The van der Waals surface area contributed by atoms with Crippen LogP contribution in [-0.2, 0) is 16.1 Å². The van der Waals surface area contributed by atoms with E-state index in [9.17, 15) is 4.79 Å². The summed E-state index contributed by atoms with van der Waals surface area (Å²) in [6.07, 6.45) is 3.88. The minimum Gasteiger partial charge on any atom is -0.466 e. The molecule has 0 aromatic carbocycles. The lowest BCUT2D eigenvalue weighted by Gasteiger charge is -2.19. The predicted molar refractivity (Wildman–Crippen MR) is 82.0 cm³/mol. The van der Waals surface area contributed by atoms with Gasteiger partial charge in [-0.2, -0.15) is 0 Å². The smallest absolute Gasteiger partial charge is 0.310 e. The molecular formula is C16H23N3O2. The van der Waals surface area contributed by atoms with Gasteiger partial charge in [-0.3, -0.25) is 4.79 Å². The van der Waals surface area contributed by atoms with Gasteiger partial charge in [-0.1, -0.05) is 13.0 Å². The third kappa shape index (κ3) is 3.42. The highest BCUT2D eigenvalue weighted by Gasteiger charge is 2.21. The number of hydrogen-bond acceptors (Lipinski definition) is 4. The van der Waals surface area contributed by atoms with Gasteiger partial charge in [0.1, 0.15) is 5.65 Å². The fourth-order valence-corrected chi connectivity index (χ4v) is 2.25. The van der Waals surface area contributed by atoms with Crippen molar-refractivity contribution in [3.05, 3.63) is 35.8 Å². The zero-order valence-electron chi connectivity index (χ0n) is 13.1. The lowest BCUT2D eigenvalue weighted by atomic mass is 10.0. The number of rotatable bonds is 6. The second-order valence-electron chi connectivity index (χ2n) is 5.34. The summed E-state index contributed by atoms with van der Waals surface area (Å²) in [5, 5.41) is 3.37. The van der Waals surface area contributed by atoms with Crippen LogP contribution in [0.2, 0.25) is 0 Å². The first-order valence-electron chi connectivity index (χ1n) is 7.36. The second-order valence-corrected chi connectivity index (χ2v) is 5.34. The molecule has 0 aliphatic heterocycles. The van der Waals surface area contributed by atoms with Gasteiger partial charge in [0.05, 0.1) is 24.4 Å². The molecule has 114 valence electrons. The Morgan fingerprint density at radius 1 is 1.48 bits per heavy atom. The molecule has 0 unspecified atom stereocenters.